The van der Waals surface area contributed by atoms with Gasteiger partial charge >= 0.3 is 0 Å². The van der Waals surface area contributed by atoms with Gasteiger partial charge in [-0.05, 0) is 35.7 Å². The molecule has 4 nitrogen and oxygen atoms in total. The number of halogens is 3. The van der Waals surface area contributed by atoms with Crippen molar-refractivity contribution in [3.8, 4) is 17.2 Å². The fourth-order valence-corrected chi connectivity index (χ4v) is 4.88. The highest BCUT2D eigenvalue weighted by Gasteiger charge is 2.48. The first-order chi connectivity index (χ1) is 14.4. The van der Waals surface area contributed by atoms with Crippen molar-refractivity contribution < 1.29 is 19.4 Å². The third kappa shape index (κ3) is 4.93. The molecule has 0 aliphatic heterocycles. The van der Waals surface area contributed by atoms with Crippen LogP contribution in [0.2, 0.25) is 34.7 Å². The van der Waals surface area contributed by atoms with Crippen molar-refractivity contribution in [1.29, 1.82) is 0 Å². The van der Waals surface area contributed by atoms with Gasteiger partial charge in [0, 0.05) is 17.0 Å². The van der Waals surface area contributed by atoms with E-state index in [0.29, 0.717) is 29.0 Å². The Kier molecular flexibility index (Phi) is 6.78. The van der Waals surface area contributed by atoms with Crippen LogP contribution in [-0.2, 0) is 16.6 Å². The number of ketones is 1. The summed E-state index contributed by atoms with van der Waals surface area (Å²) in [5.74, 6) is 1.78. The summed E-state index contributed by atoms with van der Waals surface area (Å²) in [7, 11) is -1.65. The largest absolute Gasteiger partial charge is 0.546 e. The van der Waals surface area contributed by atoms with Crippen LogP contribution in [0.15, 0.2) is 30.3 Å². The lowest BCUT2D eigenvalue weighted by molar-refractivity contribution is -0.307. The highest BCUT2D eigenvalue weighted by atomic mass is 35.5. The number of aliphatic carboxylic acids is 1. The van der Waals surface area contributed by atoms with E-state index in [1.165, 1.54) is 0 Å². The number of hydrogen-bond acceptors (Lipinski definition) is 4. The lowest BCUT2D eigenvalue weighted by atomic mass is 9.74. The van der Waals surface area contributed by atoms with Gasteiger partial charge in [-0.25, -0.2) is 0 Å². The highest BCUT2D eigenvalue weighted by molar-refractivity contribution is 6.83. The van der Waals surface area contributed by atoms with E-state index < -0.39 is 26.1 Å². The number of carboxylic acids is 1. The first kappa shape index (κ1) is 23.7. The fraction of sp³-hybridized carbons (Fsp3) is 0.304. The van der Waals surface area contributed by atoms with Gasteiger partial charge < -0.3 is 14.6 Å². The van der Waals surface area contributed by atoms with E-state index in [4.69, 9.17) is 39.5 Å². The van der Waals surface area contributed by atoms with E-state index in [1.54, 1.807) is 18.2 Å². The average Bonchev–Trinajstić information content (AvgIpc) is 2.95. The minimum Gasteiger partial charge on any atom is -0.546 e. The Bertz CT molecular complexity index is 1110. The van der Waals surface area contributed by atoms with Crippen LogP contribution in [0.3, 0.4) is 0 Å². The molecule has 0 saturated carbocycles. The number of carboxylic acid groups (broad SMARTS) is 1. The van der Waals surface area contributed by atoms with E-state index in [2.05, 4.69) is 31.1 Å². The number of carbonyl (C=O) groups is 2. The molecule has 8 heteroatoms. The molecule has 0 heterocycles. The molecule has 1 aliphatic carbocycles. The van der Waals surface area contributed by atoms with E-state index in [-0.39, 0.29) is 21.6 Å². The Hall–Kier alpha value is -1.97. The third-order valence-corrected chi connectivity index (χ3v) is 7.03. The predicted octanol–water partition coefficient (Wildman–Crippen LogP) is 4.72. The van der Waals surface area contributed by atoms with E-state index >= 15 is 0 Å². The number of Topliss-reactive ketones (excluding diaryl/α,β-unsaturated/α-hetero) is 1. The molecule has 0 fully saturated rings. The number of ether oxygens (including phenoxy) is 1. The Labute approximate surface area is 197 Å². The zero-order chi connectivity index (χ0) is 23.0. The molecule has 0 bridgehead atoms. The Morgan fingerprint density at radius 1 is 1.16 bits per heavy atom. The quantitative estimate of drug-likeness (QED) is 0.445. The van der Waals surface area contributed by atoms with Gasteiger partial charge in [-0.3, -0.25) is 4.79 Å². The van der Waals surface area contributed by atoms with E-state index in [9.17, 15) is 14.7 Å². The van der Waals surface area contributed by atoms with Crippen LogP contribution < -0.4 is 9.84 Å². The third-order valence-electron chi connectivity index (χ3n) is 5.00. The smallest absolute Gasteiger partial charge is 0.176 e. The van der Waals surface area contributed by atoms with Crippen LogP contribution in [0.4, 0.5) is 0 Å². The standard InChI is InChI=1S/C23H21Cl3O4Si/c1-31(2,3)10-4-9-23(15-5-7-16(24)8-6-15)12-14-11-17(30-13-18(27)28)20(25)21(26)19(14)22(23)29/h5-8,11H,9,12-13H2,1-3H3,(H,27,28)/p-1. The number of carbonyl (C=O) groups excluding carboxylic acids is 2. The molecule has 3 rings (SSSR count). The van der Waals surface area contributed by atoms with E-state index in [1.807, 2.05) is 12.1 Å². The molecule has 0 saturated heterocycles. The molecule has 2 aromatic carbocycles. The number of hydrogen-bond donors (Lipinski definition) is 0. The van der Waals surface area contributed by atoms with Crippen molar-refractivity contribution in [2.75, 3.05) is 6.61 Å². The van der Waals surface area contributed by atoms with E-state index in [0.717, 1.165) is 5.56 Å². The Morgan fingerprint density at radius 2 is 1.81 bits per heavy atom. The molecule has 1 aliphatic rings. The maximum absolute atomic E-state index is 13.7. The zero-order valence-electron chi connectivity index (χ0n) is 17.3. The lowest BCUT2D eigenvalue weighted by Crippen LogP contribution is -2.33. The van der Waals surface area contributed by atoms with Crippen LogP contribution in [0.1, 0.15) is 27.9 Å². The number of fused-ring (bicyclic) bond motifs is 1. The zero-order valence-corrected chi connectivity index (χ0v) is 20.5. The van der Waals surface area contributed by atoms with Gasteiger partial charge in [-0.15, -0.1) is 11.5 Å². The summed E-state index contributed by atoms with van der Waals surface area (Å²) < 4.78 is 5.23. The summed E-state index contributed by atoms with van der Waals surface area (Å²) in [5.41, 5.74) is 4.12. The normalized spacial score (nSPS) is 17.7. The van der Waals surface area contributed by atoms with Gasteiger partial charge in [-0.1, -0.05) is 66.6 Å². The molecule has 0 N–H and O–H groups in total. The summed E-state index contributed by atoms with van der Waals surface area (Å²) in [6.45, 7) is 5.74. The van der Waals surface area contributed by atoms with Crippen molar-refractivity contribution in [3.05, 3.63) is 62.1 Å². The van der Waals surface area contributed by atoms with Crippen molar-refractivity contribution >= 4 is 54.6 Å². The second-order valence-electron chi connectivity index (χ2n) is 8.52. The number of benzene rings is 2. The summed E-state index contributed by atoms with van der Waals surface area (Å²) in [6, 6.07) is 8.71. The molecule has 1 unspecified atom stereocenters. The minimum atomic E-state index is -1.65. The van der Waals surface area contributed by atoms with Crippen LogP contribution in [0, 0.1) is 11.5 Å². The molecule has 1 atom stereocenters. The summed E-state index contributed by atoms with van der Waals surface area (Å²) in [6.07, 6.45) is 0.650. The predicted molar refractivity (Wildman–Crippen MR) is 124 cm³/mol. The molecule has 0 amide bonds. The topological polar surface area (TPSA) is 66.4 Å². The van der Waals surface area contributed by atoms with Crippen molar-refractivity contribution in [3.63, 3.8) is 0 Å². The number of rotatable bonds is 5. The molecular weight excluding hydrogens is 475 g/mol. The minimum absolute atomic E-state index is 0.00453. The average molecular weight is 495 g/mol. The van der Waals surface area contributed by atoms with Gasteiger partial charge in [0.2, 0.25) is 0 Å². The molecular formula is C23H20Cl3O4Si-. The van der Waals surface area contributed by atoms with Crippen LogP contribution in [0.5, 0.6) is 5.75 Å². The molecule has 0 radical (unpaired) electrons. The molecule has 0 spiro atoms. The Balaban J connectivity index is 2.12. The summed E-state index contributed by atoms with van der Waals surface area (Å²) in [4.78, 5) is 24.5. The maximum atomic E-state index is 13.7. The van der Waals surface area contributed by atoms with Gasteiger partial charge in [0.05, 0.1) is 16.4 Å². The lowest BCUT2D eigenvalue weighted by Gasteiger charge is -2.26. The monoisotopic (exact) mass is 493 g/mol. The molecule has 0 aromatic heterocycles. The van der Waals surface area contributed by atoms with Gasteiger partial charge in [-0.2, -0.15) is 0 Å². The second kappa shape index (κ2) is 8.88. The van der Waals surface area contributed by atoms with Crippen LogP contribution in [-0.4, -0.2) is 26.4 Å². The maximum Gasteiger partial charge on any atom is 0.176 e. The molecule has 2 aromatic rings. The molecule has 162 valence electrons. The van der Waals surface area contributed by atoms with Gasteiger partial charge in [0.25, 0.3) is 0 Å². The summed E-state index contributed by atoms with van der Waals surface area (Å²) >= 11 is 18.8. The molecule has 31 heavy (non-hydrogen) atoms. The van der Waals surface area contributed by atoms with Gasteiger partial charge in [0.15, 0.2) is 5.78 Å². The summed E-state index contributed by atoms with van der Waals surface area (Å²) in [5, 5.41) is 11.4. The first-order valence-electron chi connectivity index (χ1n) is 9.59. The fourth-order valence-electron chi connectivity index (χ4n) is 3.63. The van der Waals surface area contributed by atoms with Crippen LogP contribution >= 0.6 is 34.8 Å². The van der Waals surface area contributed by atoms with Crippen molar-refractivity contribution in [1.82, 2.24) is 0 Å². The van der Waals surface area contributed by atoms with Crippen molar-refractivity contribution in [2.24, 2.45) is 0 Å². The SMILES string of the molecule is C[Si](C)(C)C#CCC1(c2ccc(Cl)cc2)Cc2cc(OCC(=O)[O-])c(Cl)c(Cl)c2C1=O. The highest BCUT2D eigenvalue weighted by Crippen LogP contribution is 2.49. The first-order valence-corrected chi connectivity index (χ1v) is 14.2. The van der Waals surface area contributed by atoms with Crippen molar-refractivity contribution in [2.45, 2.75) is 37.9 Å². The second-order valence-corrected chi connectivity index (χ2v) is 14.5. The Morgan fingerprint density at radius 3 is 2.39 bits per heavy atom. The van der Waals surface area contributed by atoms with Gasteiger partial charge in [0.1, 0.15) is 25.5 Å². The van der Waals surface area contributed by atoms with Crippen LogP contribution in [0.25, 0.3) is 0 Å².